The summed E-state index contributed by atoms with van der Waals surface area (Å²) < 4.78 is 6.09. The number of fused-ring (bicyclic) bond motifs is 1. The van der Waals surface area contributed by atoms with Gasteiger partial charge in [0.15, 0.2) is 0 Å². The first-order valence-corrected chi connectivity index (χ1v) is 11.9. The number of hydrogen-bond donors (Lipinski definition) is 2. The third kappa shape index (κ3) is 5.11. The minimum atomic E-state index is -0.761. The van der Waals surface area contributed by atoms with Gasteiger partial charge in [-0.2, -0.15) is 0 Å². The van der Waals surface area contributed by atoms with Gasteiger partial charge in [0.25, 0.3) is 5.91 Å². The molecule has 3 atom stereocenters. The van der Waals surface area contributed by atoms with Gasteiger partial charge in [-0.3, -0.25) is 15.1 Å². The van der Waals surface area contributed by atoms with Crippen LogP contribution in [0.25, 0.3) is 0 Å². The van der Waals surface area contributed by atoms with Gasteiger partial charge in [-0.25, -0.2) is 0 Å². The number of anilines is 1. The number of nitrogens with zero attached hydrogens (tertiary/aromatic N) is 2. The second kappa shape index (κ2) is 10.2. The molecular formula is C27H34N4O2. The van der Waals surface area contributed by atoms with Crippen LogP contribution in [0.2, 0.25) is 0 Å². The average molecular weight is 447 g/mol. The summed E-state index contributed by atoms with van der Waals surface area (Å²) in [7, 11) is 0. The normalized spacial score (nSPS) is 23.4. The van der Waals surface area contributed by atoms with Crippen LogP contribution in [0.3, 0.4) is 0 Å². The van der Waals surface area contributed by atoms with Gasteiger partial charge in [-0.1, -0.05) is 48.9 Å². The summed E-state index contributed by atoms with van der Waals surface area (Å²) in [6, 6.07) is 16.1. The lowest BCUT2D eigenvalue weighted by Crippen LogP contribution is -2.44. The molecule has 6 nitrogen and oxygen atoms in total. The number of ether oxygens (including phenoxy) is 1. The minimum absolute atomic E-state index is 0.0300. The fourth-order valence-corrected chi connectivity index (χ4v) is 4.92. The highest BCUT2D eigenvalue weighted by molar-refractivity contribution is 6.01. The van der Waals surface area contributed by atoms with Crippen molar-refractivity contribution in [3.05, 3.63) is 71.8 Å². The van der Waals surface area contributed by atoms with E-state index < -0.39 is 6.10 Å². The first kappa shape index (κ1) is 23.1. The largest absolute Gasteiger partial charge is 0.474 e. The van der Waals surface area contributed by atoms with Crippen molar-refractivity contribution >= 4 is 17.4 Å². The van der Waals surface area contributed by atoms with Gasteiger partial charge in [0, 0.05) is 36.3 Å². The molecule has 0 radical (unpaired) electrons. The standard InChI is InChI=1S/C27H34N4O2/c1-19-10-8-11-20(2)30(19)16-6-3-7-17-31-23-14-4-5-15-24(23)33-25(27(31)32)21-12-9-13-22(18-21)26(28)29/h3-5,7,9,12-15,18-20,25H,6,8,10-11,16-17H2,1-2H3,(H3,28,29). The third-order valence-corrected chi connectivity index (χ3v) is 6.78. The van der Waals surface area contributed by atoms with Crippen molar-refractivity contribution in [2.75, 3.05) is 18.0 Å². The van der Waals surface area contributed by atoms with Gasteiger partial charge in [-0.05, 0) is 51.3 Å². The molecule has 4 rings (SSSR count). The number of nitrogens with one attached hydrogen (secondary N) is 1. The molecule has 2 aromatic carbocycles. The summed E-state index contributed by atoms with van der Waals surface area (Å²) in [6.07, 6.45) is 8.36. The Kier molecular flexibility index (Phi) is 7.14. The molecule has 1 fully saturated rings. The molecule has 174 valence electrons. The van der Waals surface area contributed by atoms with E-state index in [-0.39, 0.29) is 11.7 Å². The maximum absolute atomic E-state index is 13.4. The Hall–Kier alpha value is -3.12. The van der Waals surface area contributed by atoms with E-state index in [0.29, 0.717) is 35.5 Å². The first-order chi connectivity index (χ1) is 16.0. The number of piperidine rings is 1. The SMILES string of the molecule is CC1CCCC(C)N1CCC=CCN1C(=O)C(c2cccc(C(=N)N)c2)Oc2ccccc21. The molecule has 2 aliphatic rings. The van der Waals surface area contributed by atoms with E-state index in [1.54, 1.807) is 23.1 Å². The van der Waals surface area contributed by atoms with Crippen molar-refractivity contribution < 1.29 is 9.53 Å². The second-order valence-electron chi connectivity index (χ2n) is 9.08. The highest BCUT2D eigenvalue weighted by Crippen LogP contribution is 2.38. The number of hydrogen-bond acceptors (Lipinski definition) is 4. The van der Waals surface area contributed by atoms with Crippen molar-refractivity contribution in [1.29, 1.82) is 5.41 Å². The summed E-state index contributed by atoms with van der Waals surface area (Å²) in [5.41, 5.74) is 7.71. The molecule has 1 amide bonds. The summed E-state index contributed by atoms with van der Waals surface area (Å²) in [6.45, 7) is 6.19. The maximum Gasteiger partial charge on any atom is 0.273 e. The van der Waals surface area contributed by atoms with Gasteiger partial charge in [-0.15, -0.1) is 0 Å². The fraction of sp³-hybridized carbons (Fsp3) is 0.407. The third-order valence-electron chi connectivity index (χ3n) is 6.78. The van der Waals surface area contributed by atoms with Crippen LogP contribution in [0, 0.1) is 5.41 Å². The second-order valence-corrected chi connectivity index (χ2v) is 9.08. The highest BCUT2D eigenvalue weighted by atomic mass is 16.5. The van der Waals surface area contributed by atoms with Crippen LogP contribution in [0.5, 0.6) is 5.75 Å². The quantitative estimate of drug-likeness (QED) is 0.369. The molecule has 0 aliphatic carbocycles. The molecule has 0 saturated carbocycles. The van der Waals surface area contributed by atoms with Crippen LogP contribution < -0.4 is 15.4 Å². The molecule has 0 spiro atoms. The lowest BCUT2D eigenvalue weighted by Gasteiger charge is -2.38. The van der Waals surface area contributed by atoms with E-state index in [0.717, 1.165) is 18.7 Å². The van der Waals surface area contributed by atoms with Gasteiger partial charge >= 0.3 is 0 Å². The maximum atomic E-state index is 13.4. The Balaban J connectivity index is 1.47. The van der Waals surface area contributed by atoms with Crippen LogP contribution in [0.15, 0.2) is 60.7 Å². The number of rotatable bonds is 7. The predicted octanol–water partition coefficient (Wildman–Crippen LogP) is 4.65. The summed E-state index contributed by atoms with van der Waals surface area (Å²) >= 11 is 0. The van der Waals surface area contributed by atoms with E-state index >= 15 is 0 Å². The molecule has 2 aliphatic heterocycles. The van der Waals surface area contributed by atoms with E-state index in [9.17, 15) is 4.79 Å². The number of benzene rings is 2. The predicted molar refractivity (Wildman–Crippen MR) is 133 cm³/mol. The fourth-order valence-electron chi connectivity index (χ4n) is 4.92. The lowest BCUT2D eigenvalue weighted by atomic mass is 9.97. The van der Waals surface area contributed by atoms with Crippen LogP contribution in [0.4, 0.5) is 5.69 Å². The van der Waals surface area contributed by atoms with E-state index in [2.05, 4.69) is 30.9 Å². The van der Waals surface area contributed by atoms with Crippen molar-refractivity contribution in [1.82, 2.24) is 4.90 Å². The van der Waals surface area contributed by atoms with Crippen molar-refractivity contribution in [3.63, 3.8) is 0 Å². The molecule has 2 heterocycles. The summed E-state index contributed by atoms with van der Waals surface area (Å²) in [5, 5.41) is 7.71. The zero-order valence-electron chi connectivity index (χ0n) is 19.5. The number of carbonyl (C=O) groups is 1. The molecule has 33 heavy (non-hydrogen) atoms. The molecule has 6 heteroatoms. The van der Waals surface area contributed by atoms with Crippen molar-refractivity contribution in [3.8, 4) is 5.75 Å². The number of likely N-dealkylation sites (tertiary alicyclic amines) is 1. The van der Waals surface area contributed by atoms with Crippen LogP contribution in [-0.4, -0.2) is 41.8 Å². The first-order valence-electron chi connectivity index (χ1n) is 11.9. The minimum Gasteiger partial charge on any atom is -0.474 e. The zero-order valence-corrected chi connectivity index (χ0v) is 19.5. The molecule has 3 N–H and O–H groups in total. The summed E-state index contributed by atoms with van der Waals surface area (Å²) in [4.78, 5) is 17.8. The van der Waals surface area contributed by atoms with Gasteiger partial charge in [0.05, 0.1) is 5.69 Å². The monoisotopic (exact) mass is 446 g/mol. The van der Waals surface area contributed by atoms with Crippen LogP contribution in [-0.2, 0) is 4.79 Å². The summed E-state index contributed by atoms with van der Waals surface area (Å²) in [5.74, 6) is 0.537. The van der Waals surface area contributed by atoms with E-state index in [4.69, 9.17) is 15.9 Å². The van der Waals surface area contributed by atoms with Gasteiger partial charge in [0.2, 0.25) is 6.10 Å². The number of amides is 1. The Bertz CT molecular complexity index is 1020. The number of amidine groups is 1. The van der Waals surface area contributed by atoms with Crippen LogP contribution >= 0.6 is 0 Å². The molecular weight excluding hydrogens is 412 g/mol. The zero-order chi connectivity index (χ0) is 23.4. The van der Waals surface area contributed by atoms with E-state index in [1.165, 1.54) is 19.3 Å². The Morgan fingerprint density at radius 1 is 1.12 bits per heavy atom. The number of para-hydroxylation sites is 2. The van der Waals surface area contributed by atoms with E-state index in [1.807, 2.05) is 30.3 Å². The van der Waals surface area contributed by atoms with Crippen LogP contribution in [0.1, 0.15) is 56.8 Å². The molecule has 3 unspecified atom stereocenters. The Morgan fingerprint density at radius 2 is 1.88 bits per heavy atom. The van der Waals surface area contributed by atoms with Gasteiger partial charge < -0.3 is 15.4 Å². The molecule has 0 bridgehead atoms. The molecule has 1 saturated heterocycles. The van der Waals surface area contributed by atoms with Gasteiger partial charge in [0.1, 0.15) is 11.6 Å². The smallest absolute Gasteiger partial charge is 0.273 e. The number of nitrogens with two attached hydrogens (primary N) is 1. The topological polar surface area (TPSA) is 82.7 Å². The number of carbonyl (C=O) groups excluding carboxylic acids is 1. The number of nitrogen functional groups attached to an aromatic ring is 1. The highest BCUT2D eigenvalue weighted by Gasteiger charge is 2.35. The van der Waals surface area contributed by atoms with Crippen molar-refractivity contribution in [2.24, 2.45) is 5.73 Å². The molecule has 2 aromatic rings. The lowest BCUT2D eigenvalue weighted by molar-refractivity contribution is -0.126. The van der Waals surface area contributed by atoms with Crippen molar-refractivity contribution in [2.45, 2.75) is 57.7 Å². The molecule has 0 aromatic heterocycles. The Morgan fingerprint density at radius 3 is 2.64 bits per heavy atom. The Labute approximate surface area is 196 Å². The average Bonchev–Trinajstić information content (AvgIpc) is 2.81.